The van der Waals surface area contributed by atoms with Crippen LogP contribution < -0.4 is 4.74 Å². The van der Waals surface area contributed by atoms with E-state index in [2.05, 4.69) is 36.4 Å². The van der Waals surface area contributed by atoms with Crippen LogP contribution in [0.2, 0.25) is 0 Å². The second-order valence-electron chi connectivity index (χ2n) is 5.78. The Kier molecular flexibility index (Phi) is 3.51. The van der Waals surface area contributed by atoms with E-state index in [4.69, 9.17) is 4.74 Å². The smallest absolute Gasteiger partial charge is 0.308 e. The van der Waals surface area contributed by atoms with Crippen molar-refractivity contribution in [3.05, 3.63) is 78.9 Å². The molecule has 0 aliphatic heterocycles. The maximum absolute atomic E-state index is 11.6. The van der Waals surface area contributed by atoms with Crippen molar-refractivity contribution in [1.82, 2.24) is 0 Å². The summed E-state index contributed by atoms with van der Waals surface area (Å²) in [6.45, 7) is 1.43. The molecule has 0 aliphatic rings. The molecule has 2 nitrogen and oxygen atoms in total. The van der Waals surface area contributed by atoms with Gasteiger partial charge < -0.3 is 4.74 Å². The summed E-state index contributed by atoms with van der Waals surface area (Å²) in [6.07, 6.45) is 0. The van der Waals surface area contributed by atoms with Gasteiger partial charge in [-0.3, -0.25) is 4.79 Å². The van der Waals surface area contributed by atoms with Gasteiger partial charge >= 0.3 is 5.97 Å². The predicted molar refractivity (Wildman–Crippen MR) is 98.2 cm³/mol. The Hall–Kier alpha value is -3.13. The average Bonchev–Trinajstić information content (AvgIpc) is 2.61. The lowest BCUT2D eigenvalue weighted by Crippen LogP contribution is -2.03. The van der Waals surface area contributed by atoms with Gasteiger partial charge in [0, 0.05) is 12.5 Å². The van der Waals surface area contributed by atoms with E-state index in [0.29, 0.717) is 5.75 Å². The largest absolute Gasteiger partial charge is 0.426 e. The van der Waals surface area contributed by atoms with Gasteiger partial charge in [0.2, 0.25) is 0 Å². The molecular formula is C22H16O2. The molecule has 0 atom stereocenters. The van der Waals surface area contributed by atoms with Gasteiger partial charge in [-0.1, -0.05) is 72.8 Å². The van der Waals surface area contributed by atoms with Gasteiger partial charge in [-0.15, -0.1) is 0 Å². The molecule has 4 aromatic carbocycles. The Morgan fingerprint density at radius 2 is 1.33 bits per heavy atom. The van der Waals surface area contributed by atoms with E-state index < -0.39 is 0 Å². The highest BCUT2D eigenvalue weighted by Gasteiger charge is 2.14. The van der Waals surface area contributed by atoms with E-state index in [1.165, 1.54) is 6.92 Å². The van der Waals surface area contributed by atoms with Crippen molar-refractivity contribution in [2.24, 2.45) is 0 Å². The van der Waals surface area contributed by atoms with Crippen molar-refractivity contribution >= 4 is 27.5 Å². The van der Waals surface area contributed by atoms with Gasteiger partial charge in [0.15, 0.2) is 0 Å². The maximum Gasteiger partial charge on any atom is 0.308 e. The van der Waals surface area contributed by atoms with Crippen LogP contribution in [0.15, 0.2) is 78.9 Å². The molecule has 2 heteroatoms. The lowest BCUT2D eigenvalue weighted by atomic mass is 9.93. The number of carbonyl (C=O) groups is 1. The molecule has 0 N–H and O–H groups in total. The number of esters is 1. The van der Waals surface area contributed by atoms with E-state index in [0.717, 1.165) is 32.7 Å². The summed E-state index contributed by atoms with van der Waals surface area (Å²) < 4.78 is 5.52. The summed E-state index contributed by atoms with van der Waals surface area (Å²) in [5, 5.41) is 4.51. The third-order valence-corrected chi connectivity index (χ3v) is 4.20. The van der Waals surface area contributed by atoms with Crippen LogP contribution >= 0.6 is 0 Å². The van der Waals surface area contributed by atoms with Gasteiger partial charge in [-0.05, 0) is 33.2 Å². The van der Waals surface area contributed by atoms with E-state index in [-0.39, 0.29) is 5.97 Å². The Morgan fingerprint density at radius 3 is 2.08 bits per heavy atom. The van der Waals surface area contributed by atoms with Crippen molar-refractivity contribution in [2.75, 3.05) is 0 Å². The van der Waals surface area contributed by atoms with Crippen molar-refractivity contribution in [3.8, 4) is 16.9 Å². The van der Waals surface area contributed by atoms with Gasteiger partial charge in [0.05, 0.1) is 0 Å². The second-order valence-corrected chi connectivity index (χ2v) is 5.78. The molecule has 0 aliphatic carbocycles. The van der Waals surface area contributed by atoms with Crippen LogP contribution in [0.4, 0.5) is 0 Å². The highest BCUT2D eigenvalue weighted by atomic mass is 16.5. The molecule has 0 heterocycles. The summed E-state index contributed by atoms with van der Waals surface area (Å²) in [5.74, 6) is 0.282. The average molecular weight is 312 g/mol. The van der Waals surface area contributed by atoms with Gasteiger partial charge in [-0.25, -0.2) is 0 Å². The third-order valence-electron chi connectivity index (χ3n) is 4.20. The molecule has 0 amide bonds. The van der Waals surface area contributed by atoms with E-state index in [9.17, 15) is 4.79 Å². The minimum atomic E-state index is -0.313. The number of rotatable bonds is 2. The number of carbonyl (C=O) groups excluding carboxylic acids is 1. The molecule has 116 valence electrons. The van der Waals surface area contributed by atoms with Crippen molar-refractivity contribution in [1.29, 1.82) is 0 Å². The normalized spacial score (nSPS) is 10.9. The molecule has 0 unspecified atom stereocenters. The fourth-order valence-electron chi connectivity index (χ4n) is 3.21. The Balaban J connectivity index is 2.12. The Labute approximate surface area is 140 Å². The standard InChI is InChI=1S/C22H16O2/c1-15(23)24-21-14-13-17-8-3-5-11-19(17)22(21)20-12-6-9-16-7-2-4-10-18(16)20/h2-14H,1H3. The molecule has 0 radical (unpaired) electrons. The minimum Gasteiger partial charge on any atom is -0.426 e. The first-order valence-electron chi connectivity index (χ1n) is 7.92. The van der Waals surface area contributed by atoms with Crippen molar-refractivity contribution < 1.29 is 9.53 Å². The molecule has 0 saturated carbocycles. The quantitative estimate of drug-likeness (QED) is 0.356. The monoisotopic (exact) mass is 312 g/mol. The first kappa shape index (κ1) is 14.5. The van der Waals surface area contributed by atoms with Gasteiger partial charge in [0.1, 0.15) is 5.75 Å². The van der Waals surface area contributed by atoms with E-state index in [1.54, 1.807) is 0 Å². The molecule has 0 spiro atoms. The zero-order valence-electron chi connectivity index (χ0n) is 13.3. The van der Waals surface area contributed by atoms with Crippen LogP contribution in [0.5, 0.6) is 5.75 Å². The Bertz CT molecular complexity index is 1060. The third kappa shape index (κ3) is 2.42. The number of benzene rings is 4. The lowest BCUT2D eigenvalue weighted by Gasteiger charge is -2.15. The number of hydrogen-bond acceptors (Lipinski definition) is 2. The van der Waals surface area contributed by atoms with Crippen LogP contribution in [0.3, 0.4) is 0 Å². The zero-order chi connectivity index (χ0) is 16.5. The summed E-state index contributed by atoms with van der Waals surface area (Å²) in [7, 11) is 0. The fraction of sp³-hybridized carbons (Fsp3) is 0.0455. The zero-order valence-corrected chi connectivity index (χ0v) is 13.3. The van der Waals surface area contributed by atoms with Crippen LogP contribution in [0.25, 0.3) is 32.7 Å². The minimum absolute atomic E-state index is 0.313. The highest BCUT2D eigenvalue weighted by Crippen LogP contribution is 2.40. The SMILES string of the molecule is CC(=O)Oc1ccc2ccccc2c1-c1cccc2ccccc12. The first-order valence-corrected chi connectivity index (χ1v) is 7.92. The Morgan fingerprint density at radius 1 is 0.708 bits per heavy atom. The van der Waals surface area contributed by atoms with Crippen LogP contribution in [0, 0.1) is 0 Å². The van der Waals surface area contributed by atoms with Crippen LogP contribution in [-0.2, 0) is 4.79 Å². The second kappa shape index (κ2) is 5.82. The van der Waals surface area contributed by atoms with E-state index in [1.807, 2.05) is 42.5 Å². The van der Waals surface area contributed by atoms with Crippen LogP contribution in [0.1, 0.15) is 6.92 Å². The fourth-order valence-corrected chi connectivity index (χ4v) is 3.21. The first-order chi connectivity index (χ1) is 11.7. The van der Waals surface area contributed by atoms with Crippen molar-refractivity contribution in [3.63, 3.8) is 0 Å². The summed E-state index contributed by atoms with van der Waals surface area (Å²) in [4.78, 5) is 11.6. The van der Waals surface area contributed by atoms with E-state index >= 15 is 0 Å². The van der Waals surface area contributed by atoms with Crippen molar-refractivity contribution in [2.45, 2.75) is 6.92 Å². The molecule has 4 rings (SSSR count). The number of ether oxygens (including phenoxy) is 1. The highest BCUT2D eigenvalue weighted by molar-refractivity contribution is 6.08. The maximum atomic E-state index is 11.6. The number of hydrogen-bond donors (Lipinski definition) is 0. The van der Waals surface area contributed by atoms with Gasteiger partial charge in [-0.2, -0.15) is 0 Å². The summed E-state index contributed by atoms with van der Waals surface area (Å²) in [5.41, 5.74) is 2.03. The van der Waals surface area contributed by atoms with Crippen LogP contribution in [-0.4, -0.2) is 5.97 Å². The molecule has 0 aromatic heterocycles. The molecule has 0 bridgehead atoms. The molecule has 4 aromatic rings. The summed E-state index contributed by atoms with van der Waals surface area (Å²) >= 11 is 0. The summed E-state index contributed by atoms with van der Waals surface area (Å²) in [6, 6.07) is 26.5. The molecular weight excluding hydrogens is 296 g/mol. The molecule has 24 heavy (non-hydrogen) atoms. The predicted octanol–water partition coefficient (Wildman–Crippen LogP) is 5.59. The lowest BCUT2D eigenvalue weighted by molar-refractivity contribution is -0.131. The number of fused-ring (bicyclic) bond motifs is 2. The van der Waals surface area contributed by atoms with Gasteiger partial charge in [0.25, 0.3) is 0 Å². The topological polar surface area (TPSA) is 26.3 Å². The molecule has 0 fully saturated rings. The molecule has 0 saturated heterocycles.